The fraction of sp³-hybridized carbons (Fsp3) is 0.136. The van der Waals surface area contributed by atoms with Crippen molar-refractivity contribution in [3.8, 4) is 5.75 Å². The van der Waals surface area contributed by atoms with Crippen molar-refractivity contribution < 1.29 is 9.53 Å². The molecule has 4 heteroatoms. The summed E-state index contributed by atoms with van der Waals surface area (Å²) in [5.41, 5.74) is 3.92. The van der Waals surface area contributed by atoms with Gasteiger partial charge in [-0.3, -0.25) is 4.79 Å². The highest BCUT2D eigenvalue weighted by atomic mass is 16.5. The summed E-state index contributed by atoms with van der Waals surface area (Å²) >= 11 is 0. The molecule has 0 atom stereocenters. The number of ether oxygens (including phenoxy) is 1. The second-order valence-corrected chi connectivity index (χ2v) is 6.07. The van der Waals surface area contributed by atoms with Crippen LogP contribution >= 0.6 is 0 Å². The molecular weight excluding hydrogens is 324 g/mol. The molecule has 0 radical (unpaired) electrons. The summed E-state index contributed by atoms with van der Waals surface area (Å²) in [5.74, 6) is 0.712. The molecule has 132 valence electrons. The van der Waals surface area contributed by atoms with Gasteiger partial charge in [-0.15, -0.1) is 0 Å². The Balaban J connectivity index is 1.46. The number of anilines is 2. The molecular formula is C22H22N2O2. The first-order valence-corrected chi connectivity index (χ1v) is 8.56. The third-order valence-corrected chi connectivity index (χ3v) is 3.86. The Bertz CT molecular complexity index is 846. The van der Waals surface area contributed by atoms with Gasteiger partial charge in [0.25, 0.3) is 0 Å². The van der Waals surface area contributed by atoms with E-state index in [0.29, 0.717) is 6.61 Å². The Kier molecular flexibility index (Phi) is 5.88. The van der Waals surface area contributed by atoms with Crippen LogP contribution < -0.4 is 15.4 Å². The van der Waals surface area contributed by atoms with Gasteiger partial charge >= 0.3 is 0 Å². The fourth-order valence-electron chi connectivity index (χ4n) is 2.52. The molecule has 0 aliphatic rings. The summed E-state index contributed by atoms with van der Waals surface area (Å²) in [4.78, 5) is 12.0. The van der Waals surface area contributed by atoms with E-state index in [-0.39, 0.29) is 12.5 Å². The first-order chi connectivity index (χ1) is 12.7. The van der Waals surface area contributed by atoms with Crippen LogP contribution in [-0.4, -0.2) is 12.5 Å². The van der Waals surface area contributed by atoms with Crippen LogP contribution in [0.15, 0.2) is 78.9 Å². The van der Waals surface area contributed by atoms with Crippen LogP contribution in [0.3, 0.4) is 0 Å². The van der Waals surface area contributed by atoms with Crippen LogP contribution in [0.4, 0.5) is 11.4 Å². The van der Waals surface area contributed by atoms with E-state index < -0.39 is 0 Å². The van der Waals surface area contributed by atoms with E-state index >= 15 is 0 Å². The average Bonchev–Trinajstić information content (AvgIpc) is 2.66. The zero-order valence-electron chi connectivity index (χ0n) is 14.7. The van der Waals surface area contributed by atoms with E-state index in [9.17, 15) is 4.79 Å². The molecule has 3 aromatic carbocycles. The number of carbonyl (C=O) groups excluding carboxylic acids is 1. The van der Waals surface area contributed by atoms with Crippen molar-refractivity contribution in [3.05, 3.63) is 90.0 Å². The first kappa shape index (κ1) is 17.5. The van der Waals surface area contributed by atoms with Crippen LogP contribution in [0, 0.1) is 6.92 Å². The number of hydrogen-bond donors (Lipinski definition) is 2. The molecule has 0 heterocycles. The smallest absolute Gasteiger partial charge is 0.243 e. The summed E-state index contributed by atoms with van der Waals surface area (Å²) in [6.07, 6.45) is 0. The number of aryl methyl sites for hydroxylation is 1. The van der Waals surface area contributed by atoms with E-state index in [4.69, 9.17) is 4.74 Å². The van der Waals surface area contributed by atoms with Crippen LogP contribution in [-0.2, 0) is 11.4 Å². The highest BCUT2D eigenvalue weighted by Gasteiger charge is 2.03. The van der Waals surface area contributed by atoms with Gasteiger partial charge in [0.2, 0.25) is 5.91 Å². The molecule has 4 nitrogen and oxygen atoms in total. The number of rotatable bonds is 7. The van der Waals surface area contributed by atoms with Gasteiger partial charge in [-0.05, 0) is 54.4 Å². The van der Waals surface area contributed by atoms with E-state index in [1.165, 1.54) is 0 Å². The van der Waals surface area contributed by atoms with Crippen molar-refractivity contribution in [3.63, 3.8) is 0 Å². The van der Waals surface area contributed by atoms with Crippen LogP contribution in [0.5, 0.6) is 5.75 Å². The highest BCUT2D eigenvalue weighted by Crippen LogP contribution is 2.17. The maximum atomic E-state index is 12.0. The van der Waals surface area contributed by atoms with Crippen molar-refractivity contribution in [1.29, 1.82) is 0 Å². The minimum atomic E-state index is -0.0833. The average molecular weight is 346 g/mol. The first-order valence-electron chi connectivity index (χ1n) is 8.56. The summed E-state index contributed by atoms with van der Waals surface area (Å²) in [6, 6.07) is 25.4. The van der Waals surface area contributed by atoms with Crippen molar-refractivity contribution in [2.24, 2.45) is 0 Å². The van der Waals surface area contributed by atoms with E-state index in [0.717, 1.165) is 28.3 Å². The molecule has 0 unspecified atom stereocenters. The molecule has 0 spiro atoms. The number of amides is 1. The van der Waals surface area contributed by atoms with Gasteiger partial charge in [-0.1, -0.05) is 42.5 Å². The van der Waals surface area contributed by atoms with Crippen LogP contribution in [0.1, 0.15) is 11.1 Å². The number of carbonyl (C=O) groups is 1. The summed E-state index contributed by atoms with van der Waals surface area (Å²) in [5, 5.41) is 5.99. The topological polar surface area (TPSA) is 50.4 Å². The molecule has 0 aliphatic heterocycles. The molecule has 3 rings (SSSR count). The van der Waals surface area contributed by atoms with Gasteiger partial charge in [-0.2, -0.15) is 0 Å². The standard InChI is InChI=1S/C22H22N2O2/c1-17-6-5-9-20(14-17)24-22(25)15-23-19-10-12-21(13-11-19)26-16-18-7-3-2-4-8-18/h2-14,23H,15-16H2,1H3,(H,24,25). The number of hydrogen-bond acceptors (Lipinski definition) is 3. The lowest BCUT2D eigenvalue weighted by Gasteiger charge is -2.10. The van der Waals surface area contributed by atoms with Crippen molar-refractivity contribution in [2.45, 2.75) is 13.5 Å². The van der Waals surface area contributed by atoms with Gasteiger partial charge in [0, 0.05) is 11.4 Å². The van der Waals surface area contributed by atoms with E-state index in [1.807, 2.05) is 85.8 Å². The largest absolute Gasteiger partial charge is 0.489 e. The predicted molar refractivity (Wildman–Crippen MR) is 106 cm³/mol. The lowest BCUT2D eigenvalue weighted by Crippen LogP contribution is -2.21. The van der Waals surface area contributed by atoms with E-state index in [2.05, 4.69) is 10.6 Å². The third kappa shape index (κ3) is 5.38. The Morgan fingerprint density at radius 3 is 2.38 bits per heavy atom. The zero-order valence-corrected chi connectivity index (χ0v) is 14.7. The lowest BCUT2D eigenvalue weighted by atomic mass is 10.2. The second-order valence-electron chi connectivity index (χ2n) is 6.07. The Labute approximate surface area is 153 Å². The summed E-state index contributed by atoms with van der Waals surface area (Å²) < 4.78 is 5.76. The maximum absolute atomic E-state index is 12.0. The lowest BCUT2D eigenvalue weighted by molar-refractivity contribution is -0.114. The summed E-state index contributed by atoms with van der Waals surface area (Å²) in [7, 11) is 0. The SMILES string of the molecule is Cc1cccc(NC(=O)CNc2ccc(OCc3ccccc3)cc2)c1. The molecule has 2 N–H and O–H groups in total. The Morgan fingerprint density at radius 2 is 1.65 bits per heavy atom. The molecule has 0 fully saturated rings. The molecule has 0 aromatic heterocycles. The van der Waals surface area contributed by atoms with Crippen molar-refractivity contribution >= 4 is 17.3 Å². The van der Waals surface area contributed by atoms with Crippen LogP contribution in [0.25, 0.3) is 0 Å². The maximum Gasteiger partial charge on any atom is 0.243 e. The monoisotopic (exact) mass is 346 g/mol. The molecule has 0 aliphatic carbocycles. The molecule has 0 saturated carbocycles. The van der Waals surface area contributed by atoms with Gasteiger partial charge in [0.1, 0.15) is 12.4 Å². The number of benzene rings is 3. The normalized spacial score (nSPS) is 10.2. The minimum absolute atomic E-state index is 0.0833. The third-order valence-electron chi connectivity index (χ3n) is 3.86. The quantitative estimate of drug-likeness (QED) is 0.656. The second kappa shape index (κ2) is 8.72. The predicted octanol–water partition coefficient (Wildman–Crippen LogP) is 4.62. The Hall–Kier alpha value is -3.27. The van der Waals surface area contributed by atoms with Gasteiger partial charge in [-0.25, -0.2) is 0 Å². The molecule has 3 aromatic rings. The van der Waals surface area contributed by atoms with Crippen molar-refractivity contribution in [2.75, 3.05) is 17.2 Å². The fourth-order valence-corrected chi connectivity index (χ4v) is 2.52. The molecule has 0 bridgehead atoms. The van der Waals surface area contributed by atoms with Gasteiger partial charge in [0.15, 0.2) is 0 Å². The van der Waals surface area contributed by atoms with Crippen LogP contribution in [0.2, 0.25) is 0 Å². The van der Waals surface area contributed by atoms with Gasteiger partial charge < -0.3 is 15.4 Å². The minimum Gasteiger partial charge on any atom is -0.489 e. The zero-order chi connectivity index (χ0) is 18.2. The number of nitrogens with one attached hydrogen (secondary N) is 2. The molecule has 0 saturated heterocycles. The van der Waals surface area contributed by atoms with Crippen molar-refractivity contribution in [1.82, 2.24) is 0 Å². The molecule has 26 heavy (non-hydrogen) atoms. The molecule has 1 amide bonds. The summed E-state index contributed by atoms with van der Waals surface area (Å²) in [6.45, 7) is 2.74. The Morgan fingerprint density at radius 1 is 0.885 bits per heavy atom. The van der Waals surface area contributed by atoms with Gasteiger partial charge in [0.05, 0.1) is 6.54 Å². The highest BCUT2D eigenvalue weighted by molar-refractivity contribution is 5.93. The van der Waals surface area contributed by atoms with E-state index in [1.54, 1.807) is 0 Å².